The molecule has 0 saturated heterocycles. The minimum Gasteiger partial charge on any atom is -0.508 e. The van der Waals surface area contributed by atoms with E-state index in [1.807, 2.05) is 0 Å². The third-order valence-corrected chi connectivity index (χ3v) is 3.64. The molecule has 3 aromatic rings. The SMILES string of the molecule is Cc1nc(-c2ccc(O)cc2)cc(-c2ccccc2F)c1C#N. The molecule has 0 unspecified atom stereocenters. The van der Waals surface area contributed by atoms with E-state index < -0.39 is 0 Å². The molecule has 0 aliphatic rings. The fraction of sp³-hybridized carbons (Fsp3) is 0.0526. The van der Waals surface area contributed by atoms with Gasteiger partial charge in [-0.2, -0.15) is 5.26 Å². The number of aromatic nitrogens is 1. The predicted molar refractivity (Wildman–Crippen MR) is 86.2 cm³/mol. The quantitative estimate of drug-likeness (QED) is 0.761. The number of benzene rings is 2. The van der Waals surface area contributed by atoms with Crippen LogP contribution in [0.4, 0.5) is 4.39 Å². The largest absolute Gasteiger partial charge is 0.508 e. The number of phenols is 1. The van der Waals surface area contributed by atoms with Gasteiger partial charge in [-0.15, -0.1) is 0 Å². The van der Waals surface area contributed by atoms with Gasteiger partial charge in [-0.1, -0.05) is 18.2 Å². The Kier molecular flexibility index (Phi) is 3.78. The predicted octanol–water partition coefficient (Wildman–Crippen LogP) is 4.44. The molecule has 0 fully saturated rings. The van der Waals surface area contributed by atoms with E-state index in [4.69, 9.17) is 0 Å². The van der Waals surface area contributed by atoms with Crippen LogP contribution >= 0.6 is 0 Å². The minimum absolute atomic E-state index is 0.161. The number of nitrogens with zero attached hydrogens (tertiary/aromatic N) is 2. The van der Waals surface area contributed by atoms with Crippen molar-refractivity contribution in [2.75, 3.05) is 0 Å². The van der Waals surface area contributed by atoms with Crippen molar-refractivity contribution in [2.24, 2.45) is 0 Å². The molecular weight excluding hydrogens is 291 g/mol. The first-order valence-electron chi connectivity index (χ1n) is 7.06. The zero-order valence-electron chi connectivity index (χ0n) is 12.4. The number of nitriles is 1. The summed E-state index contributed by atoms with van der Waals surface area (Å²) in [6.07, 6.45) is 0. The van der Waals surface area contributed by atoms with E-state index in [0.717, 1.165) is 5.56 Å². The van der Waals surface area contributed by atoms with Crippen LogP contribution in [0.2, 0.25) is 0 Å². The van der Waals surface area contributed by atoms with Gasteiger partial charge >= 0.3 is 0 Å². The molecule has 0 radical (unpaired) electrons. The molecule has 0 aliphatic heterocycles. The Bertz CT molecular complexity index is 912. The highest BCUT2D eigenvalue weighted by atomic mass is 19.1. The van der Waals surface area contributed by atoms with Crippen molar-refractivity contribution in [1.82, 2.24) is 4.98 Å². The van der Waals surface area contributed by atoms with E-state index in [9.17, 15) is 14.8 Å². The highest BCUT2D eigenvalue weighted by molar-refractivity contribution is 5.77. The Morgan fingerprint density at radius 1 is 1.04 bits per heavy atom. The lowest BCUT2D eigenvalue weighted by Crippen LogP contribution is -1.97. The average Bonchev–Trinajstić information content (AvgIpc) is 2.55. The van der Waals surface area contributed by atoms with Gasteiger partial charge in [0.2, 0.25) is 0 Å². The van der Waals surface area contributed by atoms with Gasteiger partial charge < -0.3 is 5.11 Å². The lowest BCUT2D eigenvalue weighted by atomic mass is 9.97. The molecule has 0 spiro atoms. The maximum atomic E-state index is 14.1. The number of aryl methyl sites for hydroxylation is 1. The van der Waals surface area contributed by atoms with Crippen LogP contribution in [0.1, 0.15) is 11.3 Å². The first-order chi connectivity index (χ1) is 11.1. The number of aromatic hydroxyl groups is 1. The average molecular weight is 304 g/mol. The summed E-state index contributed by atoms with van der Waals surface area (Å²) in [6.45, 7) is 1.73. The second-order valence-corrected chi connectivity index (χ2v) is 5.15. The van der Waals surface area contributed by atoms with Crippen LogP contribution in [0.5, 0.6) is 5.75 Å². The first kappa shape index (κ1) is 14.7. The van der Waals surface area contributed by atoms with Gasteiger partial charge in [0.1, 0.15) is 17.6 Å². The Balaban J connectivity index is 2.25. The highest BCUT2D eigenvalue weighted by Crippen LogP contribution is 2.31. The topological polar surface area (TPSA) is 56.9 Å². The minimum atomic E-state index is -0.383. The third kappa shape index (κ3) is 2.77. The van der Waals surface area contributed by atoms with Crippen LogP contribution in [0, 0.1) is 24.1 Å². The fourth-order valence-electron chi connectivity index (χ4n) is 2.49. The summed E-state index contributed by atoms with van der Waals surface area (Å²) in [7, 11) is 0. The molecule has 4 heteroatoms. The van der Waals surface area contributed by atoms with E-state index in [1.165, 1.54) is 6.07 Å². The monoisotopic (exact) mass is 304 g/mol. The van der Waals surface area contributed by atoms with Gasteiger partial charge in [-0.25, -0.2) is 4.39 Å². The van der Waals surface area contributed by atoms with E-state index in [-0.39, 0.29) is 11.6 Å². The molecule has 1 N–H and O–H groups in total. The first-order valence-corrected chi connectivity index (χ1v) is 7.06. The number of hydrogen-bond donors (Lipinski definition) is 1. The Labute approximate surface area is 133 Å². The van der Waals surface area contributed by atoms with Gasteiger partial charge in [0.05, 0.1) is 17.0 Å². The van der Waals surface area contributed by atoms with Crippen LogP contribution < -0.4 is 0 Å². The summed E-state index contributed by atoms with van der Waals surface area (Å²) >= 11 is 0. The number of halogens is 1. The van der Waals surface area contributed by atoms with Crippen LogP contribution in [-0.4, -0.2) is 10.1 Å². The third-order valence-electron chi connectivity index (χ3n) is 3.64. The number of pyridine rings is 1. The lowest BCUT2D eigenvalue weighted by molar-refractivity contribution is 0.475. The Hall–Kier alpha value is -3.19. The molecule has 1 heterocycles. The molecule has 0 aliphatic carbocycles. The molecule has 2 aromatic carbocycles. The second kappa shape index (κ2) is 5.90. The van der Waals surface area contributed by atoms with Crippen molar-refractivity contribution in [3.05, 3.63) is 71.7 Å². The molecule has 112 valence electrons. The maximum Gasteiger partial charge on any atom is 0.131 e. The lowest BCUT2D eigenvalue weighted by Gasteiger charge is -2.11. The van der Waals surface area contributed by atoms with Crippen molar-refractivity contribution >= 4 is 0 Å². The van der Waals surface area contributed by atoms with Gasteiger partial charge in [0.15, 0.2) is 0 Å². The van der Waals surface area contributed by atoms with Gasteiger partial charge in [-0.05, 0) is 43.3 Å². The summed E-state index contributed by atoms with van der Waals surface area (Å²) in [6, 6.07) is 16.8. The van der Waals surface area contributed by atoms with Crippen molar-refractivity contribution in [1.29, 1.82) is 5.26 Å². The standard InChI is InChI=1S/C19H13FN2O/c1-12-17(11-21)16(15-4-2-3-5-18(15)20)10-19(22-12)13-6-8-14(23)9-7-13/h2-10,23H,1H3. The van der Waals surface area contributed by atoms with Gasteiger partial charge in [0, 0.05) is 16.7 Å². The van der Waals surface area contributed by atoms with Crippen molar-refractivity contribution in [2.45, 2.75) is 6.92 Å². The summed E-state index contributed by atoms with van der Waals surface area (Å²) in [4.78, 5) is 4.43. The summed E-state index contributed by atoms with van der Waals surface area (Å²) in [5.74, 6) is -0.222. The van der Waals surface area contributed by atoms with Crippen LogP contribution in [0.25, 0.3) is 22.4 Å². The summed E-state index contributed by atoms with van der Waals surface area (Å²) in [5.41, 5.74) is 3.19. The summed E-state index contributed by atoms with van der Waals surface area (Å²) in [5, 5.41) is 18.8. The molecule has 3 nitrogen and oxygen atoms in total. The Morgan fingerprint density at radius 2 is 1.74 bits per heavy atom. The molecular formula is C19H13FN2O. The van der Waals surface area contributed by atoms with Crippen LogP contribution in [-0.2, 0) is 0 Å². The fourth-order valence-corrected chi connectivity index (χ4v) is 2.49. The van der Waals surface area contributed by atoms with Gasteiger partial charge in [-0.3, -0.25) is 4.98 Å². The zero-order valence-corrected chi connectivity index (χ0v) is 12.4. The normalized spacial score (nSPS) is 10.3. The maximum absolute atomic E-state index is 14.1. The number of rotatable bonds is 2. The van der Waals surface area contributed by atoms with Crippen LogP contribution in [0.3, 0.4) is 0 Å². The van der Waals surface area contributed by atoms with E-state index in [2.05, 4.69) is 11.1 Å². The van der Waals surface area contributed by atoms with E-state index in [0.29, 0.717) is 28.1 Å². The zero-order chi connectivity index (χ0) is 16.4. The van der Waals surface area contributed by atoms with Crippen molar-refractivity contribution < 1.29 is 9.50 Å². The van der Waals surface area contributed by atoms with Crippen molar-refractivity contribution in [3.8, 4) is 34.2 Å². The molecule has 23 heavy (non-hydrogen) atoms. The molecule has 0 amide bonds. The van der Waals surface area contributed by atoms with E-state index >= 15 is 0 Å². The van der Waals surface area contributed by atoms with Gasteiger partial charge in [0.25, 0.3) is 0 Å². The Morgan fingerprint density at radius 3 is 2.39 bits per heavy atom. The number of phenolic OH excluding ortho intramolecular Hbond substituents is 1. The molecule has 0 bridgehead atoms. The van der Waals surface area contributed by atoms with E-state index in [1.54, 1.807) is 55.5 Å². The summed E-state index contributed by atoms with van der Waals surface area (Å²) < 4.78 is 14.1. The molecule has 0 saturated carbocycles. The smallest absolute Gasteiger partial charge is 0.131 e. The molecule has 3 rings (SSSR count). The number of hydrogen-bond acceptors (Lipinski definition) is 3. The van der Waals surface area contributed by atoms with Crippen LogP contribution in [0.15, 0.2) is 54.6 Å². The van der Waals surface area contributed by atoms with Crippen molar-refractivity contribution in [3.63, 3.8) is 0 Å². The molecule has 0 atom stereocenters. The second-order valence-electron chi connectivity index (χ2n) is 5.15. The highest BCUT2D eigenvalue weighted by Gasteiger charge is 2.15. The molecule has 1 aromatic heterocycles.